The number of carboxylic acid groups (broad SMARTS) is 1. The van der Waals surface area contributed by atoms with Crippen molar-refractivity contribution >= 4 is 61.0 Å². The van der Waals surface area contributed by atoms with E-state index in [2.05, 4.69) is 10.6 Å². The summed E-state index contributed by atoms with van der Waals surface area (Å²) in [6, 6.07) is 31.8. The van der Waals surface area contributed by atoms with Crippen LogP contribution in [0.15, 0.2) is 146 Å². The highest BCUT2D eigenvalue weighted by atomic mass is 32.2. The first-order valence-electron chi connectivity index (χ1n) is 29.5. The van der Waals surface area contributed by atoms with E-state index in [0.717, 1.165) is 40.2 Å². The lowest BCUT2D eigenvalue weighted by Crippen LogP contribution is -2.57. The lowest BCUT2D eigenvalue weighted by Gasteiger charge is -2.41. The smallest absolute Gasteiger partial charge is 0.324 e. The number of likely N-dealkylation sites (tertiary alicyclic amines) is 2. The Kier molecular flexibility index (Phi) is 20.6. The number of carbonyl (C=O) groups is 5. The van der Waals surface area contributed by atoms with Crippen LogP contribution in [0.2, 0.25) is 0 Å². The Morgan fingerprint density at radius 2 is 0.851 bits per heavy atom. The molecule has 2 fully saturated rings. The number of likely N-dealkylation sites (N-methyl/N-ethyl adjacent to an activating group) is 3. The highest BCUT2D eigenvalue weighted by molar-refractivity contribution is 7.92. The predicted molar refractivity (Wildman–Crippen MR) is 333 cm³/mol. The van der Waals surface area contributed by atoms with Gasteiger partial charge in [-0.3, -0.25) is 47.3 Å². The average molecular weight is 1230 g/mol. The van der Waals surface area contributed by atoms with E-state index < -0.39 is 56.2 Å². The summed E-state index contributed by atoms with van der Waals surface area (Å²) in [6.45, 7) is 5.56. The second-order valence-electron chi connectivity index (χ2n) is 23.7. The summed E-state index contributed by atoms with van der Waals surface area (Å²) in [5.74, 6) is -1.58. The minimum absolute atomic E-state index is 0.0615. The van der Waals surface area contributed by atoms with Crippen molar-refractivity contribution in [1.29, 1.82) is 0 Å². The van der Waals surface area contributed by atoms with Gasteiger partial charge >= 0.3 is 5.97 Å². The first-order valence-corrected chi connectivity index (χ1v) is 33.2. The fourth-order valence-corrected chi connectivity index (χ4v) is 14.7. The molecule has 23 heteroatoms. The fourth-order valence-electron chi connectivity index (χ4n) is 12.7. The maximum Gasteiger partial charge on any atom is 0.324 e. The van der Waals surface area contributed by atoms with E-state index in [4.69, 9.17) is 14.6 Å². The van der Waals surface area contributed by atoms with Gasteiger partial charge in [-0.05, 0) is 81.2 Å². The number of aliphatic carboxylic acids is 1. The molecule has 2 spiro atoms. The lowest BCUT2D eigenvalue weighted by molar-refractivity contribution is -0.140. The molecule has 4 aromatic carbocycles. The molecule has 87 heavy (non-hydrogen) atoms. The number of rotatable bonds is 17. The van der Waals surface area contributed by atoms with Gasteiger partial charge in [0, 0.05) is 69.7 Å². The molecule has 5 atom stereocenters. The topological polar surface area (TPSA) is 239 Å². The van der Waals surface area contributed by atoms with Gasteiger partial charge in [0.15, 0.2) is 0 Å². The summed E-state index contributed by atoms with van der Waals surface area (Å²) in [4.78, 5) is 73.1. The third-order valence-corrected chi connectivity index (χ3v) is 19.9. The number of anilines is 2. The minimum atomic E-state index is -3.41. The molecule has 11 rings (SSSR count). The van der Waals surface area contributed by atoms with E-state index >= 15 is 0 Å². The summed E-state index contributed by atoms with van der Waals surface area (Å²) in [7, 11) is -1.30. The van der Waals surface area contributed by atoms with Crippen molar-refractivity contribution in [2.45, 2.75) is 79.9 Å². The van der Waals surface area contributed by atoms with E-state index in [9.17, 15) is 40.8 Å². The normalized spacial score (nSPS) is 21.8. The monoisotopic (exact) mass is 1230 g/mol. The van der Waals surface area contributed by atoms with Crippen LogP contribution < -0.4 is 19.2 Å². The van der Waals surface area contributed by atoms with Gasteiger partial charge in [-0.15, -0.1) is 0 Å². The van der Waals surface area contributed by atoms with E-state index in [0.29, 0.717) is 91.3 Å². The van der Waals surface area contributed by atoms with Crippen molar-refractivity contribution in [2.24, 2.45) is 0 Å². The zero-order valence-electron chi connectivity index (χ0n) is 50.1. The lowest BCUT2D eigenvalue weighted by atomic mass is 9.74. The molecule has 4 aromatic rings. The summed E-state index contributed by atoms with van der Waals surface area (Å²) >= 11 is 0. The van der Waals surface area contributed by atoms with Crippen molar-refractivity contribution < 1.29 is 55.4 Å². The molecular formula is C64H81N9O12S2. The number of hydrogen-bond donors (Lipinski definition) is 3. The molecule has 3 N–H and O–H groups in total. The number of nitrogens with zero attached hydrogens (tertiary/aromatic N) is 7. The van der Waals surface area contributed by atoms with E-state index in [-0.39, 0.29) is 47.7 Å². The predicted octanol–water partition coefficient (Wildman–Crippen LogP) is 3.74. The van der Waals surface area contributed by atoms with Crippen LogP contribution in [-0.4, -0.2) is 212 Å². The van der Waals surface area contributed by atoms with Crippen LogP contribution in [0.4, 0.5) is 11.4 Å². The molecule has 0 aromatic heterocycles. The molecule has 21 nitrogen and oxygen atoms in total. The first kappa shape index (κ1) is 64.2. The molecule has 7 aliphatic rings. The quantitative estimate of drug-likeness (QED) is 0.128. The van der Waals surface area contributed by atoms with Gasteiger partial charge in [0.1, 0.15) is 30.2 Å². The van der Waals surface area contributed by atoms with Gasteiger partial charge < -0.3 is 35.0 Å². The van der Waals surface area contributed by atoms with Gasteiger partial charge in [0.05, 0.1) is 50.3 Å². The molecular weight excluding hydrogens is 1150 g/mol. The Bertz CT molecular complexity index is 3220. The molecule has 0 radical (unpaired) electrons. The van der Waals surface area contributed by atoms with Crippen LogP contribution in [0.5, 0.6) is 0 Å². The zero-order valence-corrected chi connectivity index (χ0v) is 51.8. The summed E-state index contributed by atoms with van der Waals surface area (Å²) in [5, 5.41) is 14.4. The Balaban J connectivity index is 0.000000181. The number of carboxylic acids is 1. The van der Waals surface area contributed by atoms with E-state index in [1.807, 2.05) is 163 Å². The van der Waals surface area contributed by atoms with Gasteiger partial charge in [-0.1, -0.05) is 134 Å². The molecule has 7 heterocycles. The highest BCUT2D eigenvalue weighted by Gasteiger charge is 2.50. The number of ether oxygens (including phenoxy) is 2. The molecule has 3 unspecified atom stereocenters. The number of amides is 4. The molecule has 4 amide bonds. The largest absolute Gasteiger partial charge is 0.480 e. The molecule has 0 saturated carbocycles. The zero-order chi connectivity index (χ0) is 62.1. The van der Waals surface area contributed by atoms with Gasteiger partial charge in [-0.25, -0.2) is 16.8 Å². The number of sulfonamides is 2. The Hall–Kier alpha value is -7.25. The van der Waals surface area contributed by atoms with Crippen molar-refractivity contribution in [1.82, 2.24) is 35.1 Å². The molecule has 2 saturated heterocycles. The third-order valence-electron chi connectivity index (χ3n) is 17.6. The number of nitrogens with one attached hydrogen (secondary N) is 2. The second-order valence-corrected chi connectivity index (χ2v) is 27.5. The second kappa shape index (κ2) is 27.8. The molecule has 7 aliphatic heterocycles. The number of carbonyl (C=O) groups excluding carboxylic acids is 4. The summed E-state index contributed by atoms with van der Waals surface area (Å²) < 4.78 is 64.9. The minimum Gasteiger partial charge on any atom is -0.480 e. The maximum absolute atomic E-state index is 13.7. The summed E-state index contributed by atoms with van der Waals surface area (Å²) in [5.41, 5.74) is 4.81. The average Bonchev–Trinajstić information content (AvgIpc) is 1.64. The van der Waals surface area contributed by atoms with Crippen LogP contribution in [0.25, 0.3) is 0 Å². The SMILES string of the molecule is CN1CC=CC1C(=O)N[C@H](COCc1ccccc1)C(=O)N1CCC2(CC1)CN(S(C)(=O)=O)c1ccccc12.CN1CC=CC1C(=O)N[C@H](COCc1ccccc1)C(=O)N1CCC2(CC1)CN(S(C)(=O)=O)c1ccccc12.CN1CC=CC1C(=O)O. The van der Waals surface area contributed by atoms with Gasteiger partial charge in [0.2, 0.25) is 43.7 Å². The number of piperidine rings is 2. The van der Waals surface area contributed by atoms with Gasteiger partial charge in [0.25, 0.3) is 0 Å². The van der Waals surface area contributed by atoms with Crippen LogP contribution >= 0.6 is 0 Å². The molecule has 466 valence electrons. The van der Waals surface area contributed by atoms with Crippen molar-refractivity contribution in [3.05, 3.63) is 168 Å². The van der Waals surface area contributed by atoms with E-state index in [1.165, 1.54) is 21.1 Å². The molecule has 0 bridgehead atoms. The number of benzene rings is 4. The third kappa shape index (κ3) is 15.2. The maximum atomic E-state index is 13.7. The number of fused-ring (bicyclic) bond motifs is 4. The Morgan fingerprint density at radius 1 is 0.517 bits per heavy atom. The van der Waals surface area contributed by atoms with Crippen molar-refractivity contribution in [2.75, 3.05) is 114 Å². The van der Waals surface area contributed by atoms with Crippen LogP contribution in [0, 0.1) is 0 Å². The number of hydrogen-bond acceptors (Lipinski definition) is 14. The van der Waals surface area contributed by atoms with E-state index in [1.54, 1.807) is 27.8 Å². The molecule has 0 aliphatic carbocycles. The van der Waals surface area contributed by atoms with Crippen molar-refractivity contribution in [3.8, 4) is 0 Å². The van der Waals surface area contributed by atoms with Crippen LogP contribution in [-0.2, 0) is 77.5 Å². The number of para-hydroxylation sites is 2. The van der Waals surface area contributed by atoms with Crippen LogP contribution in [0.3, 0.4) is 0 Å². The standard InChI is InChI=1S/2C29H36N4O5S.C6H9NO2/c2*1-31-16-8-13-26(31)27(34)30-24(20-38-19-22-9-4-3-5-10-22)28(35)32-17-14-29(15-18-32)21-33(39(2,36)37)25-12-7-6-11-23(25)29;1-7-4-2-3-5(7)6(8)9/h2*3-13,24,26H,14-21H2,1-2H3,(H,30,34);2-3,5H,4H2,1H3,(H,8,9)/t2*24-,26?;/m11./s1. The highest BCUT2D eigenvalue weighted by Crippen LogP contribution is 2.49. The Morgan fingerprint density at radius 3 is 1.16 bits per heavy atom. The first-order chi connectivity index (χ1) is 41.6. The van der Waals surface area contributed by atoms with Crippen LogP contribution in [0.1, 0.15) is 47.9 Å². The fraction of sp³-hybridized carbons (Fsp3) is 0.453. The van der Waals surface area contributed by atoms with Crippen molar-refractivity contribution in [3.63, 3.8) is 0 Å². The summed E-state index contributed by atoms with van der Waals surface area (Å²) in [6.07, 6.45) is 16.2. The Labute approximate surface area is 511 Å². The van der Waals surface area contributed by atoms with Gasteiger partial charge in [-0.2, -0.15) is 0 Å².